The summed E-state index contributed by atoms with van der Waals surface area (Å²) in [6, 6.07) is -3.52. The summed E-state index contributed by atoms with van der Waals surface area (Å²) >= 11 is 1.38. The largest absolute Gasteiger partial charge is 0.508 e. The summed E-state index contributed by atoms with van der Waals surface area (Å²) in [5.74, 6) is -6.01. The number of carboxylic acid groups (broad SMARTS) is 1. The maximum Gasteiger partial charge on any atom is 0.328 e. The molecule has 0 saturated carbocycles. The lowest BCUT2D eigenvalue weighted by Gasteiger charge is -2.31. The summed E-state index contributed by atoms with van der Waals surface area (Å²) in [7, 11) is 0. The fourth-order valence-corrected chi connectivity index (χ4v) is 6.26. The first kappa shape index (κ1) is 46.7. The number of carbonyl (C=O) groups excluding carboxylic acids is 6. The topological polar surface area (TPSA) is 310 Å². The third kappa shape index (κ3) is 14.6. The first-order chi connectivity index (χ1) is 25.9. The highest BCUT2D eigenvalue weighted by molar-refractivity contribution is 7.98. The molecule has 0 aromatic heterocycles. The number of hydrogen-bond acceptors (Lipinski definition) is 13. The number of amides is 6. The molecule has 308 valence electrons. The lowest BCUT2D eigenvalue weighted by atomic mass is 10.0. The number of rotatable bonds is 22. The lowest BCUT2D eigenvalue weighted by Crippen LogP contribution is -2.60. The van der Waals surface area contributed by atoms with Gasteiger partial charge in [-0.2, -0.15) is 11.8 Å². The van der Waals surface area contributed by atoms with Crippen LogP contribution < -0.4 is 32.3 Å². The number of carbonyl (C=O) groups is 7. The molecule has 1 aromatic carbocycles. The van der Waals surface area contributed by atoms with Gasteiger partial charge in [-0.05, 0) is 68.2 Å². The predicted molar refractivity (Wildman–Crippen MR) is 200 cm³/mol. The van der Waals surface area contributed by atoms with Crippen LogP contribution in [0.4, 0.5) is 0 Å². The van der Waals surface area contributed by atoms with Crippen molar-refractivity contribution in [3.8, 4) is 5.75 Å². The number of nitrogens with one attached hydrogen (secondary N) is 5. The fourth-order valence-electron chi connectivity index (χ4n) is 5.79. The second-order valence-corrected chi connectivity index (χ2v) is 14.7. The zero-order valence-electron chi connectivity index (χ0n) is 31.4. The Morgan fingerprint density at radius 2 is 1.42 bits per heavy atom. The minimum Gasteiger partial charge on any atom is -0.508 e. The third-order valence-electron chi connectivity index (χ3n) is 8.81. The van der Waals surface area contributed by atoms with Crippen LogP contribution in [0.2, 0.25) is 0 Å². The molecule has 0 spiro atoms. The molecule has 6 amide bonds. The number of hydrogen-bond donors (Lipinski definition) is 11. The normalized spacial score (nSPS) is 17.8. The standard InChI is InChI=1S/C35H55N7O12S/c1-18(2)14-24(31(49)37-23(11-13-55-4)30(48)41-28(19(3)45)35(53)54)38-33(51)27-6-5-12-42(27)34(52)25(15-20-7-9-21(46)10-8-20)39-32(50)26(17-44)40-29(47)22(36)16-43/h7-10,18-19,22-28,43-46H,5-6,11-17,36H2,1-4H3,(H,37,49)(H,38,51)(H,39,50)(H,40,47)(H,41,48)(H,53,54)/t19-,22+,23+,24+,25+,26+,27+,28+/m1/s1. The zero-order valence-corrected chi connectivity index (χ0v) is 32.2. The molecule has 0 aliphatic carbocycles. The molecule has 1 saturated heterocycles. The van der Waals surface area contributed by atoms with Crippen LogP contribution in [0.5, 0.6) is 5.75 Å². The molecule has 55 heavy (non-hydrogen) atoms. The zero-order chi connectivity index (χ0) is 41.4. The summed E-state index contributed by atoms with van der Waals surface area (Å²) in [4.78, 5) is 93.1. The smallest absolute Gasteiger partial charge is 0.328 e. The highest BCUT2D eigenvalue weighted by atomic mass is 32.2. The van der Waals surface area contributed by atoms with E-state index in [1.807, 2.05) is 13.8 Å². The van der Waals surface area contributed by atoms with Gasteiger partial charge in [-0.1, -0.05) is 26.0 Å². The van der Waals surface area contributed by atoms with Gasteiger partial charge < -0.3 is 62.8 Å². The van der Waals surface area contributed by atoms with Crippen molar-refractivity contribution in [2.45, 2.75) is 101 Å². The van der Waals surface area contributed by atoms with Crippen LogP contribution in [-0.4, -0.2) is 152 Å². The van der Waals surface area contributed by atoms with Crippen molar-refractivity contribution >= 4 is 53.2 Å². The molecule has 8 atom stereocenters. The number of aliphatic hydroxyl groups excluding tert-OH is 3. The van der Waals surface area contributed by atoms with Crippen LogP contribution in [0.25, 0.3) is 0 Å². The third-order valence-corrected chi connectivity index (χ3v) is 9.45. The minimum absolute atomic E-state index is 0.0457. The molecular weight excluding hydrogens is 742 g/mol. The average Bonchev–Trinajstić information content (AvgIpc) is 3.63. The molecule has 0 radical (unpaired) electrons. The Hall–Kier alpha value is -4.50. The number of aliphatic hydroxyl groups is 3. The van der Waals surface area contributed by atoms with Gasteiger partial charge in [0.25, 0.3) is 0 Å². The van der Waals surface area contributed by atoms with Crippen molar-refractivity contribution in [2.75, 3.05) is 31.8 Å². The van der Waals surface area contributed by atoms with Crippen LogP contribution in [-0.2, 0) is 40.0 Å². The number of benzene rings is 1. The predicted octanol–water partition coefficient (Wildman–Crippen LogP) is -3.07. The number of aromatic hydroxyl groups is 1. The Balaban J connectivity index is 2.33. The van der Waals surface area contributed by atoms with Crippen molar-refractivity contribution in [1.82, 2.24) is 31.5 Å². The molecule has 12 N–H and O–H groups in total. The highest BCUT2D eigenvalue weighted by Crippen LogP contribution is 2.21. The molecule has 1 aliphatic rings. The Kier molecular flexibility index (Phi) is 19.3. The van der Waals surface area contributed by atoms with Gasteiger partial charge in [-0.25, -0.2) is 4.79 Å². The van der Waals surface area contributed by atoms with Crippen LogP contribution >= 0.6 is 11.8 Å². The van der Waals surface area contributed by atoms with Gasteiger partial charge in [0, 0.05) is 13.0 Å². The van der Waals surface area contributed by atoms with E-state index in [0.29, 0.717) is 17.7 Å². The minimum atomic E-state index is -1.63. The van der Waals surface area contributed by atoms with Gasteiger partial charge in [-0.3, -0.25) is 28.8 Å². The van der Waals surface area contributed by atoms with Crippen molar-refractivity contribution in [3.05, 3.63) is 29.8 Å². The molecule has 1 aromatic rings. The molecular formula is C35H55N7O12S. The molecule has 0 bridgehead atoms. The van der Waals surface area contributed by atoms with Crippen molar-refractivity contribution < 1.29 is 59.1 Å². The molecule has 19 nitrogen and oxygen atoms in total. The van der Waals surface area contributed by atoms with Gasteiger partial charge in [0.05, 0.1) is 19.3 Å². The number of nitrogens with two attached hydrogens (primary N) is 1. The first-order valence-corrected chi connectivity index (χ1v) is 19.3. The van der Waals surface area contributed by atoms with E-state index in [1.165, 1.54) is 47.9 Å². The van der Waals surface area contributed by atoms with E-state index < -0.39 is 103 Å². The number of phenolic OH excluding ortho intramolecular Hbond substituents is 1. The summed E-state index contributed by atoms with van der Waals surface area (Å²) < 4.78 is 0. The number of carboxylic acids is 1. The van der Waals surface area contributed by atoms with Gasteiger partial charge in [0.2, 0.25) is 35.4 Å². The number of phenols is 1. The van der Waals surface area contributed by atoms with Crippen LogP contribution in [0.15, 0.2) is 24.3 Å². The maximum absolute atomic E-state index is 14.2. The van der Waals surface area contributed by atoms with E-state index in [9.17, 15) is 59.1 Å². The SMILES string of the molecule is CSCC[C@H](NC(=O)[C@H](CC(C)C)NC(=O)[C@@H]1CCCN1C(=O)[C@H](Cc1ccc(O)cc1)NC(=O)[C@H](CO)NC(=O)[C@@H](N)CO)C(=O)N[C@H](C(=O)O)[C@@H](C)O. The first-order valence-electron chi connectivity index (χ1n) is 17.9. The van der Waals surface area contributed by atoms with Crippen LogP contribution in [0, 0.1) is 5.92 Å². The van der Waals surface area contributed by atoms with Gasteiger partial charge in [0.1, 0.15) is 42.0 Å². The van der Waals surface area contributed by atoms with E-state index in [0.717, 1.165) is 0 Å². The molecule has 0 unspecified atom stereocenters. The average molecular weight is 798 g/mol. The van der Waals surface area contributed by atoms with E-state index in [2.05, 4.69) is 26.6 Å². The quantitative estimate of drug-likeness (QED) is 0.0555. The van der Waals surface area contributed by atoms with Gasteiger partial charge >= 0.3 is 5.97 Å². The van der Waals surface area contributed by atoms with Crippen molar-refractivity contribution in [1.29, 1.82) is 0 Å². The van der Waals surface area contributed by atoms with E-state index in [1.54, 1.807) is 6.26 Å². The summed E-state index contributed by atoms with van der Waals surface area (Å²) in [6.45, 7) is 3.33. The van der Waals surface area contributed by atoms with Gasteiger partial charge in [-0.15, -0.1) is 0 Å². The van der Waals surface area contributed by atoms with E-state index >= 15 is 0 Å². The summed E-state index contributed by atoms with van der Waals surface area (Å²) in [5.41, 5.74) is 6.03. The monoisotopic (exact) mass is 797 g/mol. The van der Waals surface area contributed by atoms with E-state index in [4.69, 9.17) is 5.73 Å². The second-order valence-electron chi connectivity index (χ2n) is 13.8. The summed E-state index contributed by atoms with van der Waals surface area (Å²) in [5, 5.41) is 60.4. The maximum atomic E-state index is 14.2. The highest BCUT2D eigenvalue weighted by Gasteiger charge is 2.40. The Bertz CT molecular complexity index is 1480. The number of likely N-dealkylation sites (tertiary alicyclic amines) is 1. The Morgan fingerprint density at radius 1 is 0.836 bits per heavy atom. The number of aliphatic carboxylic acids is 1. The van der Waals surface area contributed by atoms with E-state index in [-0.39, 0.29) is 43.9 Å². The molecule has 2 rings (SSSR count). The Morgan fingerprint density at radius 3 is 1.96 bits per heavy atom. The number of nitrogens with zero attached hydrogens (tertiary/aromatic N) is 1. The molecule has 1 aliphatic heterocycles. The molecule has 1 fully saturated rings. The van der Waals surface area contributed by atoms with Crippen LogP contribution in [0.3, 0.4) is 0 Å². The lowest BCUT2D eigenvalue weighted by molar-refractivity contribution is -0.145. The van der Waals surface area contributed by atoms with Crippen LogP contribution in [0.1, 0.15) is 52.0 Å². The van der Waals surface area contributed by atoms with Gasteiger partial charge in [0.15, 0.2) is 6.04 Å². The molecule has 1 heterocycles. The second kappa shape index (κ2) is 22.8. The molecule has 20 heteroatoms. The summed E-state index contributed by atoms with van der Waals surface area (Å²) in [6.07, 6.45) is 1.08. The Labute approximate surface area is 323 Å². The number of thioether (sulfide) groups is 1. The fraction of sp³-hybridized carbons (Fsp3) is 0.629. The van der Waals surface area contributed by atoms with Crippen molar-refractivity contribution in [3.63, 3.8) is 0 Å². The van der Waals surface area contributed by atoms with Crippen molar-refractivity contribution in [2.24, 2.45) is 11.7 Å².